The van der Waals surface area contributed by atoms with E-state index in [4.69, 9.17) is 15.5 Å². The Labute approximate surface area is 186 Å². The maximum absolute atomic E-state index is 11.8. The first-order valence-corrected chi connectivity index (χ1v) is 12.1. The van der Waals surface area contributed by atoms with Gasteiger partial charge >= 0.3 is 0 Å². The van der Waals surface area contributed by atoms with Gasteiger partial charge in [0.2, 0.25) is 5.95 Å². The first kappa shape index (κ1) is 20.6. The van der Waals surface area contributed by atoms with Crippen LogP contribution in [0.1, 0.15) is 5.56 Å². The Hall–Kier alpha value is -3.31. The summed E-state index contributed by atoms with van der Waals surface area (Å²) in [5.41, 5.74) is 8.23. The van der Waals surface area contributed by atoms with Gasteiger partial charge in [0, 0.05) is 38.3 Å². The van der Waals surface area contributed by atoms with Crippen molar-refractivity contribution < 1.29 is 13.2 Å². The Morgan fingerprint density at radius 3 is 2.59 bits per heavy atom. The molecule has 0 aliphatic carbocycles. The molecule has 1 fully saturated rings. The summed E-state index contributed by atoms with van der Waals surface area (Å²) in [4.78, 5) is 22.3. The van der Waals surface area contributed by atoms with E-state index < -0.39 is 9.84 Å². The van der Waals surface area contributed by atoms with Crippen molar-refractivity contribution in [2.75, 3.05) is 48.1 Å². The molecule has 1 aromatic carbocycles. The quantitative estimate of drug-likeness (QED) is 0.614. The molecule has 0 bridgehead atoms. The van der Waals surface area contributed by atoms with E-state index in [2.05, 4.69) is 24.8 Å². The summed E-state index contributed by atoms with van der Waals surface area (Å²) in [5, 5.41) is 0. The van der Waals surface area contributed by atoms with E-state index in [-0.39, 0.29) is 12.0 Å². The van der Waals surface area contributed by atoms with Crippen molar-refractivity contribution in [3.63, 3.8) is 0 Å². The zero-order valence-corrected chi connectivity index (χ0v) is 18.4. The number of benzene rings is 1. The molecule has 2 N–H and O–H groups in total. The lowest BCUT2D eigenvalue weighted by Gasteiger charge is -2.45. The minimum Gasteiger partial charge on any atom is -0.377 e. The molecule has 3 aromatic rings. The van der Waals surface area contributed by atoms with E-state index in [0.717, 1.165) is 30.2 Å². The van der Waals surface area contributed by atoms with Crippen molar-refractivity contribution in [3.8, 4) is 11.4 Å². The molecule has 2 aromatic heterocycles. The largest absolute Gasteiger partial charge is 0.377 e. The zero-order chi connectivity index (χ0) is 22.3. The summed E-state index contributed by atoms with van der Waals surface area (Å²) >= 11 is 0. The van der Waals surface area contributed by atoms with Crippen LogP contribution in [-0.4, -0.2) is 67.0 Å². The van der Waals surface area contributed by atoms with Gasteiger partial charge in [0.1, 0.15) is 0 Å². The summed E-state index contributed by atoms with van der Waals surface area (Å²) in [6, 6.07) is 7.15. The molecule has 10 nitrogen and oxygen atoms in total. The summed E-state index contributed by atoms with van der Waals surface area (Å²) in [6.07, 6.45) is 6.27. The SMILES string of the molecule is CS(=O)(=O)c1ccc(CN2CC3COCCN3c3nc(-c4cnc(N)nc4)ncc32)cc1. The van der Waals surface area contributed by atoms with Gasteiger partial charge in [-0.05, 0) is 17.7 Å². The second kappa shape index (κ2) is 7.99. The number of sulfone groups is 1. The number of hydrogen-bond donors (Lipinski definition) is 1. The maximum atomic E-state index is 11.8. The van der Waals surface area contributed by atoms with Crippen molar-refractivity contribution in [1.82, 2.24) is 19.9 Å². The van der Waals surface area contributed by atoms with Crippen LogP contribution < -0.4 is 15.5 Å². The number of rotatable bonds is 4. The van der Waals surface area contributed by atoms with Gasteiger partial charge in [0.05, 0.1) is 41.6 Å². The van der Waals surface area contributed by atoms with Crippen LogP contribution in [0.5, 0.6) is 0 Å². The molecule has 2 aliphatic heterocycles. The molecular weight excluding hydrogens is 430 g/mol. The monoisotopic (exact) mass is 453 g/mol. The third kappa shape index (κ3) is 3.96. The summed E-state index contributed by atoms with van der Waals surface area (Å²) in [7, 11) is -3.23. The molecule has 0 amide bonds. The van der Waals surface area contributed by atoms with Crippen LogP contribution in [0.2, 0.25) is 0 Å². The maximum Gasteiger partial charge on any atom is 0.219 e. The highest BCUT2D eigenvalue weighted by Crippen LogP contribution is 2.36. The second-order valence-corrected chi connectivity index (χ2v) is 9.97. The van der Waals surface area contributed by atoms with E-state index >= 15 is 0 Å². The molecule has 1 unspecified atom stereocenters. The number of nitrogens with zero attached hydrogens (tertiary/aromatic N) is 6. The van der Waals surface area contributed by atoms with Gasteiger partial charge in [-0.1, -0.05) is 12.1 Å². The normalized spacial score (nSPS) is 18.2. The predicted molar refractivity (Wildman–Crippen MR) is 120 cm³/mol. The fourth-order valence-corrected chi connectivity index (χ4v) is 4.67. The van der Waals surface area contributed by atoms with Gasteiger partial charge in [-0.25, -0.2) is 28.4 Å². The number of aromatic nitrogens is 4. The Morgan fingerprint density at radius 1 is 1.12 bits per heavy atom. The predicted octanol–water partition coefficient (Wildman–Crippen LogP) is 1.14. The molecule has 166 valence electrons. The second-order valence-electron chi connectivity index (χ2n) is 7.95. The first-order valence-electron chi connectivity index (χ1n) is 10.2. The molecule has 32 heavy (non-hydrogen) atoms. The molecule has 0 radical (unpaired) electrons. The Balaban J connectivity index is 1.49. The van der Waals surface area contributed by atoms with Crippen LogP contribution >= 0.6 is 0 Å². The number of ether oxygens (including phenoxy) is 1. The Bertz CT molecular complexity index is 1230. The number of anilines is 3. The first-order chi connectivity index (χ1) is 15.4. The summed E-state index contributed by atoms with van der Waals surface area (Å²) in [5.74, 6) is 1.58. The van der Waals surface area contributed by atoms with Crippen LogP contribution in [-0.2, 0) is 21.1 Å². The molecule has 11 heteroatoms. The fourth-order valence-electron chi connectivity index (χ4n) is 4.04. The van der Waals surface area contributed by atoms with Gasteiger partial charge in [0.25, 0.3) is 0 Å². The van der Waals surface area contributed by atoms with Gasteiger partial charge in [0.15, 0.2) is 21.5 Å². The van der Waals surface area contributed by atoms with Crippen LogP contribution in [0.15, 0.2) is 47.8 Å². The Kier molecular flexibility index (Phi) is 5.14. The van der Waals surface area contributed by atoms with E-state index in [0.29, 0.717) is 36.0 Å². The molecule has 0 spiro atoms. The van der Waals surface area contributed by atoms with Gasteiger partial charge in [-0.2, -0.15) is 0 Å². The van der Waals surface area contributed by atoms with Crippen molar-refractivity contribution >= 4 is 27.3 Å². The minimum absolute atomic E-state index is 0.164. The molecular formula is C21H23N7O3S. The third-order valence-corrected chi connectivity index (χ3v) is 6.80. The number of nitrogen functional groups attached to an aromatic ring is 1. The average molecular weight is 454 g/mol. The topological polar surface area (TPSA) is 127 Å². The van der Waals surface area contributed by atoms with E-state index in [1.165, 1.54) is 6.26 Å². The van der Waals surface area contributed by atoms with Crippen molar-refractivity contribution in [2.24, 2.45) is 0 Å². The van der Waals surface area contributed by atoms with Crippen molar-refractivity contribution in [2.45, 2.75) is 17.5 Å². The molecule has 1 saturated heterocycles. The Morgan fingerprint density at radius 2 is 1.88 bits per heavy atom. The van der Waals surface area contributed by atoms with Gasteiger partial charge in [-0.3, -0.25) is 0 Å². The van der Waals surface area contributed by atoms with E-state index in [1.54, 1.807) is 24.5 Å². The summed E-state index contributed by atoms with van der Waals surface area (Å²) in [6.45, 7) is 3.38. The standard InChI is InChI=1S/C21H23N7O3S/c1-32(29,30)17-4-2-14(3-5-17)11-27-12-16-13-31-7-6-28(16)20-18(27)10-23-19(26-20)15-8-24-21(22)25-9-15/h2-5,8-10,16H,6-7,11-13H2,1H3,(H2,22,24,25). The molecule has 5 rings (SSSR count). The smallest absolute Gasteiger partial charge is 0.219 e. The van der Waals surface area contributed by atoms with E-state index in [9.17, 15) is 8.42 Å². The van der Waals surface area contributed by atoms with Crippen LogP contribution in [0, 0.1) is 0 Å². The lowest BCUT2D eigenvalue weighted by Crippen LogP contribution is -2.55. The number of fused-ring (bicyclic) bond motifs is 3. The highest BCUT2D eigenvalue weighted by atomic mass is 32.2. The lowest BCUT2D eigenvalue weighted by atomic mass is 10.1. The van der Waals surface area contributed by atoms with Crippen LogP contribution in [0.25, 0.3) is 11.4 Å². The molecule has 4 heterocycles. The fraction of sp³-hybridized carbons (Fsp3) is 0.333. The third-order valence-electron chi connectivity index (χ3n) is 5.68. The molecule has 0 saturated carbocycles. The number of morpholine rings is 1. The number of nitrogens with two attached hydrogens (primary N) is 1. The van der Waals surface area contributed by atoms with Crippen molar-refractivity contribution in [3.05, 3.63) is 48.4 Å². The van der Waals surface area contributed by atoms with Crippen LogP contribution in [0.3, 0.4) is 0 Å². The molecule has 2 aliphatic rings. The van der Waals surface area contributed by atoms with Gasteiger partial charge in [-0.15, -0.1) is 0 Å². The highest BCUT2D eigenvalue weighted by molar-refractivity contribution is 7.90. The zero-order valence-electron chi connectivity index (χ0n) is 17.5. The highest BCUT2D eigenvalue weighted by Gasteiger charge is 2.34. The molecule has 1 atom stereocenters. The van der Waals surface area contributed by atoms with Crippen LogP contribution in [0.4, 0.5) is 17.5 Å². The van der Waals surface area contributed by atoms with Crippen molar-refractivity contribution in [1.29, 1.82) is 0 Å². The summed E-state index contributed by atoms with van der Waals surface area (Å²) < 4.78 is 29.2. The minimum atomic E-state index is -3.23. The lowest BCUT2D eigenvalue weighted by molar-refractivity contribution is 0.0936. The number of hydrogen-bond acceptors (Lipinski definition) is 10. The van der Waals surface area contributed by atoms with E-state index in [1.807, 2.05) is 18.3 Å². The van der Waals surface area contributed by atoms with Gasteiger partial charge < -0.3 is 20.3 Å². The average Bonchev–Trinajstić information content (AvgIpc) is 2.79.